The number of benzene rings is 1. The van der Waals surface area contributed by atoms with Gasteiger partial charge in [0.15, 0.2) is 8.32 Å². The number of hydrogen-bond acceptors (Lipinski definition) is 5. The fourth-order valence-electron chi connectivity index (χ4n) is 4.12. The van der Waals surface area contributed by atoms with Crippen molar-refractivity contribution in [3.63, 3.8) is 0 Å². The minimum Gasteiger partial charge on any atom is -0.409 e. The fourth-order valence-corrected chi connectivity index (χ4v) is 5.05. The highest BCUT2D eigenvalue weighted by Gasteiger charge is 2.44. The fraction of sp³-hybridized carbons (Fsp3) is 0.560. The molecule has 1 unspecified atom stereocenters. The van der Waals surface area contributed by atoms with Gasteiger partial charge in [0, 0.05) is 19.5 Å². The number of piperidine rings is 1. The van der Waals surface area contributed by atoms with E-state index in [1.54, 1.807) is 15.7 Å². The number of hydrogen-bond donors (Lipinski definition) is 0. The minimum atomic E-state index is -2.03. The molecule has 0 saturated carbocycles. The molecule has 34 heavy (non-hydrogen) atoms. The van der Waals surface area contributed by atoms with Crippen molar-refractivity contribution >= 4 is 20.4 Å². The number of amides is 2. The lowest BCUT2D eigenvalue weighted by molar-refractivity contribution is -0.0938. The van der Waals surface area contributed by atoms with Crippen LogP contribution in [-0.2, 0) is 22.3 Å². The van der Waals surface area contributed by atoms with E-state index in [4.69, 9.17) is 9.26 Å². The number of nitrogens with zero attached hydrogens (tertiary/aromatic N) is 4. The molecule has 1 atom stereocenters. The average molecular weight is 485 g/mol. The van der Waals surface area contributed by atoms with E-state index in [0.717, 1.165) is 24.8 Å². The highest BCUT2D eigenvalue weighted by molar-refractivity contribution is 6.74. The molecule has 2 amide bonds. The van der Waals surface area contributed by atoms with Gasteiger partial charge in [-0.25, -0.2) is 19.1 Å². The number of imidazole rings is 1. The van der Waals surface area contributed by atoms with Crippen LogP contribution >= 0.6 is 0 Å². The summed E-state index contributed by atoms with van der Waals surface area (Å²) in [7, 11) is -2.03. The Morgan fingerprint density at radius 1 is 1.12 bits per heavy atom. The van der Waals surface area contributed by atoms with E-state index in [1.165, 1.54) is 5.06 Å². The Kier molecular flexibility index (Phi) is 6.86. The van der Waals surface area contributed by atoms with Crippen LogP contribution in [0.3, 0.4) is 0 Å². The van der Waals surface area contributed by atoms with E-state index >= 15 is 0 Å². The molecular weight excluding hydrogens is 448 g/mol. The number of aromatic nitrogens is 2. The molecule has 0 radical (unpaired) electrons. The number of carbonyl (C=O) groups excluding carboxylic acids is 2. The van der Waals surface area contributed by atoms with Crippen molar-refractivity contribution < 1.29 is 18.9 Å². The number of rotatable bonds is 6. The highest BCUT2D eigenvalue weighted by Crippen LogP contribution is 2.38. The Labute approximate surface area is 202 Å². The van der Waals surface area contributed by atoms with Crippen LogP contribution in [0.2, 0.25) is 18.1 Å². The van der Waals surface area contributed by atoms with Crippen LogP contribution in [0.4, 0.5) is 9.59 Å². The third-order valence-corrected chi connectivity index (χ3v) is 11.8. The van der Waals surface area contributed by atoms with Crippen molar-refractivity contribution in [1.82, 2.24) is 19.5 Å². The zero-order valence-electron chi connectivity index (χ0n) is 20.9. The molecule has 8 nitrogen and oxygen atoms in total. The van der Waals surface area contributed by atoms with Crippen molar-refractivity contribution in [1.29, 1.82) is 0 Å². The van der Waals surface area contributed by atoms with Gasteiger partial charge < -0.3 is 14.2 Å². The van der Waals surface area contributed by atoms with Gasteiger partial charge in [-0.15, -0.1) is 5.06 Å². The van der Waals surface area contributed by atoms with Gasteiger partial charge in [-0.2, -0.15) is 0 Å². The van der Waals surface area contributed by atoms with Gasteiger partial charge in [-0.1, -0.05) is 51.1 Å². The summed E-state index contributed by atoms with van der Waals surface area (Å²) in [5, 5.41) is 1.28. The maximum Gasteiger partial charge on any atom is 0.434 e. The summed E-state index contributed by atoms with van der Waals surface area (Å²) in [6.07, 6.45) is 4.78. The Morgan fingerprint density at radius 3 is 2.44 bits per heavy atom. The number of carbonyl (C=O) groups is 2. The molecule has 0 bridgehead atoms. The molecule has 0 spiro atoms. The quantitative estimate of drug-likeness (QED) is 0.505. The molecule has 184 valence electrons. The topological polar surface area (TPSA) is 76.9 Å². The van der Waals surface area contributed by atoms with Gasteiger partial charge in [0.1, 0.15) is 11.9 Å². The van der Waals surface area contributed by atoms with E-state index in [9.17, 15) is 9.59 Å². The van der Waals surface area contributed by atoms with E-state index < -0.39 is 26.5 Å². The summed E-state index contributed by atoms with van der Waals surface area (Å²) in [6, 6.07) is 9.06. The summed E-state index contributed by atoms with van der Waals surface area (Å²) in [5.74, 6) is 0.541. The molecule has 0 aliphatic carbocycles. The normalized spacial score (nSPS) is 18.9. The smallest absolute Gasteiger partial charge is 0.409 e. The lowest BCUT2D eigenvalue weighted by Crippen LogP contribution is -2.42. The lowest BCUT2D eigenvalue weighted by Gasteiger charge is -2.35. The van der Waals surface area contributed by atoms with Gasteiger partial charge in [0.25, 0.3) is 0 Å². The number of likely N-dealkylation sites (tertiary alicyclic amines) is 1. The van der Waals surface area contributed by atoms with Gasteiger partial charge in [0.2, 0.25) is 0 Å². The number of fused-ring (bicyclic) bond motifs is 1. The third kappa shape index (κ3) is 4.90. The maximum atomic E-state index is 13.5. The molecule has 1 fully saturated rings. The predicted octanol–water partition coefficient (Wildman–Crippen LogP) is 5.51. The second kappa shape index (κ2) is 9.54. The van der Waals surface area contributed by atoms with Crippen molar-refractivity contribution in [2.45, 2.75) is 77.2 Å². The van der Waals surface area contributed by atoms with Crippen molar-refractivity contribution in [2.24, 2.45) is 0 Å². The largest absolute Gasteiger partial charge is 0.434 e. The van der Waals surface area contributed by atoms with Crippen LogP contribution in [-0.4, -0.2) is 53.0 Å². The molecule has 9 heteroatoms. The first kappa shape index (κ1) is 24.5. The molecular formula is C25H36N4O4Si. The average Bonchev–Trinajstić information content (AvgIpc) is 3.33. The van der Waals surface area contributed by atoms with E-state index in [2.05, 4.69) is 38.8 Å². The van der Waals surface area contributed by atoms with Crippen molar-refractivity contribution in [3.8, 4) is 0 Å². The molecule has 3 heterocycles. The monoisotopic (exact) mass is 484 g/mol. The molecule has 1 aromatic heterocycles. The highest BCUT2D eigenvalue weighted by atomic mass is 28.4. The van der Waals surface area contributed by atoms with Gasteiger partial charge in [0.05, 0.1) is 18.5 Å². The van der Waals surface area contributed by atoms with Crippen molar-refractivity contribution in [3.05, 3.63) is 53.6 Å². The van der Waals surface area contributed by atoms with Gasteiger partial charge in [-0.3, -0.25) is 0 Å². The second-order valence-corrected chi connectivity index (χ2v) is 15.5. The first-order chi connectivity index (χ1) is 16.1. The van der Waals surface area contributed by atoms with E-state index in [-0.39, 0.29) is 11.6 Å². The standard InChI is InChI=1S/C25H36N4O4Si/c1-25(2,3)34(4,5)32-18-22-26-17-21-20(16-19-12-8-6-9-13-19)29(23(30)28(21)22)33-24(31)27-14-10-7-11-15-27/h6,8-9,12-13,17,20H,7,10-11,14-16,18H2,1-5H3. The molecule has 2 aromatic rings. The predicted molar refractivity (Wildman–Crippen MR) is 132 cm³/mol. The van der Waals surface area contributed by atoms with Crippen LogP contribution in [0.25, 0.3) is 0 Å². The maximum absolute atomic E-state index is 13.5. The van der Waals surface area contributed by atoms with Crippen LogP contribution in [0.1, 0.15) is 63.2 Å². The Bertz CT molecular complexity index is 1030. The Balaban J connectivity index is 1.59. The van der Waals surface area contributed by atoms with Crippen LogP contribution in [0.5, 0.6) is 0 Å². The van der Waals surface area contributed by atoms with Crippen LogP contribution < -0.4 is 0 Å². The summed E-state index contributed by atoms with van der Waals surface area (Å²) >= 11 is 0. The van der Waals surface area contributed by atoms with Crippen molar-refractivity contribution in [2.75, 3.05) is 13.1 Å². The minimum absolute atomic E-state index is 0.0449. The summed E-state index contributed by atoms with van der Waals surface area (Å²) in [6.45, 7) is 12.4. The third-order valence-electron chi connectivity index (χ3n) is 7.30. The molecule has 2 aliphatic rings. The zero-order chi connectivity index (χ0) is 24.5. The summed E-state index contributed by atoms with van der Waals surface area (Å²) in [4.78, 5) is 38.4. The lowest BCUT2D eigenvalue weighted by atomic mass is 10.0. The Hall–Kier alpha value is -2.65. The zero-order valence-corrected chi connectivity index (χ0v) is 21.9. The number of hydroxylamine groups is 2. The van der Waals surface area contributed by atoms with Crippen LogP contribution in [0, 0.1) is 0 Å². The van der Waals surface area contributed by atoms with Gasteiger partial charge >= 0.3 is 12.1 Å². The second-order valence-electron chi connectivity index (χ2n) is 10.7. The van der Waals surface area contributed by atoms with E-state index in [1.807, 2.05) is 30.3 Å². The van der Waals surface area contributed by atoms with Gasteiger partial charge in [-0.05, 0) is 43.0 Å². The summed E-state index contributed by atoms with van der Waals surface area (Å²) < 4.78 is 7.91. The molecule has 4 rings (SSSR count). The summed E-state index contributed by atoms with van der Waals surface area (Å²) in [5.41, 5.74) is 1.77. The van der Waals surface area contributed by atoms with Crippen LogP contribution in [0.15, 0.2) is 36.5 Å². The Morgan fingerprint density at radius 2 is 1.79 bits per heavy atom. The molecule has 1 aromatic carbocycles. The SMILES string of the molecule is CC(C)(C)[Si](C)(C)OCc1ncc2n1C(=O)N(OC(=O)N1CCCCC1)C2Cc1ccccc1. The van der Waals surface area contributed by atoms with E-state index in [0.29, 0.717) is 31.0 Å². The first-order valence-corrected chi connectivity index (χ1v) is 15.0. The first-order valence-electron chi connectivity index (χ1n) is 12.1. The molecule has 1 saturated heterocycles. The molecule has 2 aliphatic heterocycles. The molecule has 0 N–H and O–H groups in total.